The van der Waals surface area contributed by atoms with Crippen LogP contribution >= 0.6 is 34.8 Å². The topological polar surface area (TPSA) is 126 Å². The summed E-state index contributed by atoms with van der Waals surface area (Å²) in [6.45, 7) is 8.01. The summed E-state index contributed by atoms with van der Waals surface area (Å²) in [5.41, 5.74) is 0.633. The number of nitrogens with one attached hydrogen (secondary N) is 1. The fourth-order valence-electron chi connectivity index (χ4n) is 3.75. The van der Waals surface area contributed by atoms with Crippen molar-refractivity contribution in [3.63, 3.8) is 0 Å². The lowest BCUT2D eigenvalue weighted by molar-refractivity contribution is -0.138. The number of halogens is 3. The van der Waals surface area contributed by atoms with E-state index in [-0.39, 0.29) is 45.3 Å². The van der Waals surface area contributed by atoms with Crippen LogP contribution in [-0.2, 0) is 19.1 Å². The van der Waals surface area contributed by atoms with E-state index in [1.165, 1.54) is 18.2 Å². The first kappa shape index (κ1) is 37.0. The molecule has 3 aromatic carbocycles. The highest BCUT2D eigenvalue weighted by atomic mass is 35.5. The average molecular weight is 705 g/mol. The summed E-state index contributed by atoms with van der Waals surface area (Å²) >= 11 is 19.2. The summed E-state index contributed by atoms with van der Waals surface area (Å²) in [5, 5.41) is 2.36. The first-order valence-electron chi connectivity index (χ1n) is 14.4. The number of carbonyl (C=O) groups excluding carboxylic acids is 4. The minimum atomic E-state index is -0.740. The first-order chi connectivity index (χ1) is 22.6. The number of benzene rings is 3. The molecule has 13 heteroatoms. The Labute approximate surface area is 287 Å². The van der Waals surface area contributed by atoms with Crippen molar-refractivity contribution in [2.45, 2.75) is 25.7 Å². The van der Waals surface area contributed by atoms with Crippen molar-refractivity contribution in [1.29, 1.82) is 0 Å². The predicted octanol–water partition coefficient (Wildman–Crippen LogP) is 7.89. The maximum Gasteiger partial charge on any atom is 0.343 e. The molecule has 3 rings (SSSR count). The van der Waals surface area contributed by atoms with Gasteiger partial charge >= 0.3 is 17.9 Å². The van der Waals surface area contributed by atoms with Gasteiger partial charge in [0.1, 0.15) is 16.5 Å². The lowest BCUT2D eigenvalue weighted by Gasteiger charge is -2.14. The van der Waals surface area contributed by atoms with Crippen molar-refractivity contribution in [2.75, 3.05) is 31.7 Å². The van der Waals surface area contributed by atoms with Crippen LogP contribution in [0.15, 0.2) is 79.9 Å². The van der Waals surface area contributed by atoms with Crippen LogP contribution in [0, 0.1) is 0 Å². The quantitative estimate of drug-likeness (QED) is 0.0462. The summed E-state index contributed by atoms with van der Waals surface area (Å²) in [4.78, 5) is 47.7. The number of ether oxygens (including phenoxy) is 5. The van der Waals surface area contributed by atoms with Crippen molar-refractivity contribution < 1.29 is 42.9 Å². The number of unbranched alkanes of at least 4 members (excludes halogenated alkanes) is 2. The van der Waals surface area contributed by atoms with Gasteiger partial charge in [0.25, 0.3) is 5.91 Å². The minimum absolute atomic E-state index is 0.0511. The van der Waals surface area contributed by atoms with E-state index >= 15 is 0 Å². The largest absolute Gasteiger partial charge is 0.494 e. The Morgan fingerprint density at radius 3 is 1.62 bits per heavy atom. The number of hydrogen-bond acceptors (Lipinski definition) is 9. The van der Waals surface area contributed by atoms with Crippen LogP contribution in [0.5, 0.6) is 17.2 Å². The third-order valence-corrected chi connectivity index (χ3v) is 7.33. The summed E-state index contributed by atoms with van der Waals surface area (Å²) in [6.07, 6.45) is 4.80. The summed E-state index contributed by atoms with van der Waals surface area (Å²) in [5.74, 6) is -1.24. The van der Waals surface area contributed by atoms with E-state index < -0.39 is 23.8 Å². The zero-order chi connectivity index (χ0) is 34.2. The van der Waals surface area contributed by atoms with Gasteiger partial charge in [-0.15, -0.1) is 0 Å². The monoisotopic (exact) mass is 703 g/mol. The predicted molar refractivity (Wildman–Crippen MR) is 179 cm³/mol. The van der Waals surface area contributed by atoms with E-state index in [2.05, 4.69) is 18.5 Å². The molecule has 0 aromatic heterocycles. The molecule has 47 heavy (non-hydrogen) atoms. The lowest BCUT2D eigenvalue weighted by atomic mass is 10.2. The highest BCUT2D eigenvalue weighted by molar-refractivity contribution is 6.47. The van der Waals surface area contributed by atoms with Crippen LogP contribution < -0.4 is 19.5 Å². The Bertz CT molecular complexity index is 1580. The van der Waals surface area contributed by atoms with Crippen LogP contribution in [0.25, 0.3) is 0 Å². The van der Waals surface area contributed by atoms with Crippen LogP contribution in [0.1, 0.15) is 46.4 Å². The second kappa shape index (κ2) is 19.2. The fraction of sp³-hybridized carbons (Fsp3) is 0.235. The van der Waals surface area contributed by atoms with E-state index in [4.69, 9.17) is 58.5 Å². The fourth-order valence-corrected chi connectivity index (χ4v) is 4.47. The highest BCUT2D eigenvalue weighted by Crippen LogP contribution is 2.43. The Kier molecular flexibility index (Phi) is 15.1. The van der Waals surface area contributed by atoms with Crippen LogP contribution in [0.3, 0.4) is 0 Å². The molecule has 0 saturated carbocycles. The molecule has 1 amide bonds. The molecule has 0 aliphatic heterocycles. The zero-order valence-corrected chi connectivity index (χ0v) is 27.5. The molecule has 0 atom stereocenters. The van der Waals surface area contributed by atoms with Gasteiger partial charge in [-0.25, -0.2) is 14.4 Å². The van der Waals surface area contributed by atoms with Gasteiger partial charge in [-0.3, -0.25) is 4.79 Å². The molecule has 0 unspecified atom stereocenters. The van der Waals surface area contributed by atoms with Crippen molar-refractivity contribution in [1.82, 2.24) is 0 Å². The SMILES string of the molecule is C=CC(=O)OCCCCOc1ccc(C(=O)Nc2cc(Cl)c(OC(=O)c3ccc(OCCCCOC(=O)C=C)cc3)c(Cl)c2Cl)cc1. The number of hydrogen-bond donors (Lipinski definition) is 1. The van der Waals surface area contributed by atoms with Gasteiger partial charge in [0.2, 0.25) is 0 Å². The molecular formula is C34H32Cl3NO9. The van der Waals surface area contributed by atoms with E-state index in [1.807, 2.05) is 0 Å². The van der Waals surface area contributed by atoms with Gasteiger partial charge in [-0.05, 0) is 80.3 Å². The molecule has 0 spiro atoms. The standard InChI is InChI=1S/C34H32Cl3NO9/c1-3-28(39)45-19-7-5-17-43-24-13-9-22(10-14-24)33(41)38-27-21-26(35)32(31(37)30(27)36)47-34(42)23-11-15-25(16-12-23)44-18-6-8-20-46-29(40)4-2/h3-4,9-16,21H,1-2,5-8,17-20H2,(H,38,41). The third-order valence-electron chi connectivity index (χ3n) is 6.20. The Hall–Kier alpha value is -4.51. The molecule has 3 aromatic rings. The Morgan fingerprint density at radius 2 is 1.13 bits per heavy atom. The van der Waals surface area contributed by atoms with Gasteiger partial charge in [-0.1, -0.05) is 48.0 Å². The molecule has 10 nitrogen and oxygen atoms in total. The number of amides is 1. The second-order valence-electron chi connectivity index (χ2n) is 9.61. The molecular weight excluding hydrogens is 673 g/mol. The molecule has 248 valence electrons. The minimum Gasteiger partial charge on any atom is -0.494 e. The van der Waals surface area contributed by atoms with Crippen LogP contribution in [0.2, 0.25) is 15.1 Å². The Balaban J connectivity index is 1.50. The van der Waals surface area contributed by atoms with E-state index in [0.717, 1.165) is 12.2 Å². The van der Waals surface area contributed by atoms with Gasteiger partial charge in [-0.2, -0.15) is 0 Å². The summed E-state index contributed by atoms with van der Waals surface area (Å²) in [7, 11) is 0. The maximum absolute atomic E-state index is 12.9. The number of anilines is 1. The third kappa shape index (κ3) is 12.0. The van der Waals surface area contributed by atoms with Gasteiger partial charge < -0.3 is 29.0 Å². The van der Waals surface area contributed by atoms with Gasteiger partial charge in [0.15, 0.2) is 5.75 Å². The van der Waals surface area contributed by atoms with Crippen molar-refractivity contribution in [3.8, 4) is 17.2 Å². The second-order valence-corrected chi connectivity index (χ2v) is 10.8. The maximum atomic E-state index is 12.9. The van der Waals surface area contributed by atoms with Crippen LogP contribution in [0.4, 0.5) is 5.69 Å². The summed E-state index contributed by atoms with van der Waals surface area (Å²) < 4.78 is 26.5. The number of esters is 3. The highest BCUT2D eigenvalue weighted by Gasteiger charge is 2.21. The molecule has 0 aliphatic carbocycles. The molecule has 0 saturated heterocycles. The summed E-state index contributed by atoms with van der Waals surface area (Å²) in [6, 6.07) is 14.0. The molecule has 0 radical (unpaired) electrons. The molecule has 0 bridgehead atoms. The van der Waals surface area contributed by atoms with Crippen LogP contribution in [-0.4, -0.2) is 50.2 Å². The van der Waals surface area contributed by atoms with Gasteiger partial charge in [0, 0.05) is 17.7 Å². The lowest BCUT2D eigenvalue weighted by Crippen LogP contribution is -2.13. The van der Waals surface area contributed by atoms with Crippen molar-refractivity contribution in [3.05, 3.63) is 106 Å². The first-order valence-corrected chi connectivity index (χ1v) is 15.5. The van der Waals surface area contributed by atoms with E-state index in [1.54, 1.807) is 36.4 Å². The Morgan fingerprint density at radius 1 is 0.660 bits per heavy atom. The number of rotatable bonds is 18. The number of carbonyl (C=O) groups is 4. The van der Waals surface area contributed by atoms with Crippen molar-refractivity contribution in [2.24, 2.45) is 0 Å². The van der Waals surface area contributed by atoms with Crippen molar-refractivity contribution >= 4 is 64.3 Å². The molecule has 1 N–H and O–H groups in total. The van der Waals surface area contributed by atoms with Gasteiger partial charge in [0.05, 0.1) is 47.7 Å². The van der Waals surface area contributed by atoms with E-state index in [9.17, 15) is 19.2 Å². The normalized spacial score (nSPS) is 10.4. The molecule has 0 heterocycles. The smallest absolute Gasteiger partial charge is 0.343 e. The zero-order valence-electron chi connectivity index (χ0n) is 25.2. The average Bonchev–Trinajstić information content (AvgIpc) is 3.08. The molecule has 0 aliphatic rings. The van der Waals surface area contributed by atoms with E-state index in [0.29, 0.717) is 56.0 Å². The molecule has 0 fully saturated rings.